The van der Waals surface area contributed by atoms with Crippen molar-refractivity contribution in [3.8, 4) is 5.82 Å². The minimum Gasteiger partial charge on any atom is -0.356 e. The number of amides is 1. The number of nitrogens with zero attached hydrogens (tertiary/aromatic N) is 7. The van der Waals surface area contributed by atoms with Crippen LogP contribution in [0.2, 0.25) is 0 Å². The molecule has 1 aliphatic rings. The van der Waals surface area contributed by atoms with Crippen LogP contribution in [0.15, 0.2) is 59.6 Å². The zero-order valence-electron chi connectivity index (χ0n) is 15.7. The van der Waals surface area contributed by atoms with Gasteiger partial charge >= 0.3 is 0 Å². The predicted octanol–water partition coefficient (Wildman–Crippen LogP) is 1.69. The van der Waals surface area contributed by atoms with Crippen molar-refractivity contribution in [1.29, 1.82) is 0 Å². The standard InChI is InChI=1S/C20H19N7O2/c28-20(13-16-15-3-1-2-4-17(15)29-24-16)26-11-9-25(10-12-26)18-5-6-19(23-22-18)27-8-7-21-14-27/h1-8,14H,9-13H2. The van der Waals surface area contributed by atoms with Crippen LogP contribution in [0.5, 0.6) is 0 Å². The second-order valence-electron chi connectivity index (χ2n) is 6.89. The van der Waals surface area contributed by atoms with Gasteiger partial charge in [0.25, 0.3) is 0 Å². The van der Waals surface area contributed by atoms with Gasteiger partial charge in [0.2, 0.25) is 5.91 Å². The Balaban J connectivity index is 1.20. The summed E-state index contributed by atoms with van der Waals surface area (Å²) in [6, 6.07) is 11.5. The Bertz CT molecular complexity index is 1110. The molecule has 0 saturated carbocycles. The molecule has 0 aliphatic carbocycles. The molecule has 1 amide bonds. The van der Waals surface area contributed by atoms with Crippen LogP contribution in [0.4, 0.5) is 5.82 Å². The van der Waals surface area contributed by atoms with Crippen LogP contribution >= 0.6 is 0 Å². The molecule has 0 spiro atoms. The molecule has 1 saturated heterocycles. The summed E-state index contributed by atoms with van der Waals surface area (Å²) >= 11 is 0. The molecule has 3 aromatic heterocycles. The monoisotopic (exact) mass is 389 g/mol. The molecule has 9 nitrogen and oxygen atoms in total. The van der Waals surface area contributed by atoms with Gasteiger partial charge in [-0.1, -0.05) is 17.3 Å². The number of carbonyl (C=O) groups is 1. The first-order chi connectivity index (χ1) is 14.3. The first kappa shape index (κ1) is 17.4. The third kappa shape index (κ3) is 3.42. The zero-order chi connectivity index (χ0) is 19.6. The molecule has 0 N–H and O–H groups in total. The van der Waals surface area contributed by atoms with Gasteiger partial charge in [0.1, 0.15) is 12.0 Å². The largest absolute Gasteiger partial charge is 0.356 e. The summed E-state index contributed by atoms with van der Waals surface area (Å²) in [5, 5.41) is 13.5. The summed E-state index contributed by atoms with van der Waals surface area (Å²) in [7, 11) is 0. The maximum atomic E-state index is 12.7. The highest BCUT2D eigenvalue weighted by Gasteiger charge is 2.23. The van der Waals surface area contributed by atoms with Crippen LogP contribution in [0, 0.1) is 0 Å². The molecule has 1 aliphatic heterocycles. The van der Waals surface area contributed by atoms with Gasteiger partial charge in [-0.2, -0.15) is 0 Å². The highest BCUT2D eigenvalue weighted by Crippen LogP contribution is 2.19. The van der Waals surface area contributed by atoms with Crippen LogP contribution < -0.4 is 4.90 Å². The lowest BCUT2D eigenvalue weighted by molar-refractivity contribution is -0.130. The molecule has 29 heavy (non-hydrogen) atoms. The minimum absolute atomic E-state index is 0.0604. The van der Waals surface area contributed by atoms with Crippen molar-refractivity contribution < 1.29 is 9.32 Å². The molecule has 1 aromatic carbocycles. The van der Waals surface area contributed by atoms with E-state index in [1.165, 1.54) is 0 Å². The summed E-state index contributed by atoms with van der Waals surface area (Å²) in [4.78, 5) is 20.7. The number of carbonyl (C=O) groups excluding carboxylic acids is 1. The van der Waals surface area contributed by atoms with Gasteiger partial charge in [-0.3, -0.25) is 9.36 Å². The first-order valence-electron chi connectivity index (χ1n) is 9.46. The van der Waals surface area contributed by atoms with Crippen molar-refractivity contribution in [1.82, 2.24) is 29.8 Å². The van der Waals surface area contributed by atoms with Gasteiger partial charge in [-0.15, -0.1) is 10.2 Å². The number of benzene rings is 1. The molecule has 0 radical (unpaired) electrons. The number of hydrogen-bond donors (Lipinski definition) is 0. The fourth-order valence-electron chi connectivity index (χ4n) is 3.52. The molecule has 4 aromatic rings. The van der Waals surface area contributed by atoms with Crippen LogP contribution in [-0.2, 0) is 11.2 Å². The van der Waals surface area contributed by atoms with E-state index in [0.29, 0.717) is 37.5 Å². The molecule has 0 atom stereocenters. The van der Waals surface area contributed by atoms with E-state index in [9.17, 15) is 4.79 Å². The molecule has 4 heterocycles. The van der Waals surface area contributed by atoms with Crippen LogP contribution in [0.25, 0.3) is 16.8 Å². The molecule has 0 bridgehead atoms. The topological polar surface area (TPSA) is 93.2 Å². The highest BCUT2D eigenvalue weighted by atomic mass is 16.5. The Morgan fingerprint density at radius 2 is 1.79 bits per heavy atom. The number of fused-ring (bicyclic) bond motifs is 1. The summed E-state index contributed by atoms with van der Waals surface area (Å²) in [5.74, 6) is 1.59. The first-order valence-corrected chi connectivity index (χ1v) is 9.46. The Morgan fingerprint density at radius 3 is 2.55 bits per heavy atom. The molecular weight excluding hydrogens is 370 g/mol. The lowest BCUT2D eigenvalue weighted by Crippen LogP contribution is -2.49. The van der Waals surface area contributed by atoms with Crippen molar-refractivity contribution in [2.24, 2.45) is 0 Å². The van der Waals surface area contributed by atoms with E-state index in [4.69, 9.17) is 4.52 Å². The summed E-state index contributed by atoms with van der Waals surface area (Å²) < 4.78 is 7.11. The molecule has 9 heteroatoms. The number of hydrogen-bond acceptors (Lipinski definition) is 7. The lowest BCUT2D eigenvalue weighted by atomic mass is 10.1. The van der Waals surface area contributed by atoms with E-state index >= 15 is 0 Å². The van der Waals surface area contributed by atoms with Crippen molar-refractivity contribution in [2.45, 2.75) is 6.42 Å². The fourth-order valence-corrected chi connectivity index (χ4v) is 3.52. The molecule has 146 valence electrons. The normalized spacial score (nSPS) is 14.5. The van der Waals surface area contributed by atoms with Gasteiger partial charge in [0, 0.05) is 44.0 Å². The van der Waals surface area contributed by atoms with Gasteiger partial charge in [0.15, 0.2) is 17.2 Å². The Morgan fingerprint density at radius 1 is 1.00 bits per heavy atom. The summed E-state index contributed by atoms with van der Waals surface area (Å²) in [5.41, 5.74) is 1.40. The maximum Gasteiger partial charge on any atom is 0.228 e. The van der Waals surface area contributed by atoms with Gasteiger partial charge in [0.05, 0.1) is 6.42 Å². The molecule has 1 fully saturated rings. The zero-order valence-corrected chi connectivity index (χ0v) is 15.7. The minimum atomic E-state index is 0.0604. The molecule has 0 unspecified atom stereocenters. The quantitative estimate of drug-likeness (QED) is 0.524. The van der Waals surface area contributed by atoms with E-state index in [1.54, 1.807) is 17.1 Å². The van der Waals surface area contributed by atoms with E-state index in [0.717, 1.165) is 17.0 Å². The average Bonchev–Trinajstić information content (AvgIpc) is 3.45. The summed E-state index contributed by atoms with van der Waals surface area (Å²) in [6.07, 6.45) is 5.46. The second-order valence-corrected chi connectivity index (χ2v) is 6.89. The van der Waals surface area contributed by atoms with Crippen molar-refractivity contribution >= 4 is 22.7 Å². The third-order valence-corrected chi connectivity index (χ3v) is 5.13. The smallest absolute Gasteiger partial charge is 0.228 e. The lowest BCUT2D eigenvalue weighted by Gasteiger charge is -2.35. The van der Waals surface area contributed by atoms with Crippen LogP contribution in [0.1, 0.15) is 5.69 Å². The number of imidazole rings is 1. The number of piperazine rings is 1. The third-order valence-electron chi connectivity index (χ3n) is 5.13. The van der Waals surface area contributed by atoms with Crippen LogP contribution in [0.3, 0.4) is 0 Å². The van der Waals surface area contributed by atoms with Crippen molar-refractivity contribution in [3.05, 3.63) is 60.8 Å². The van der Waals surface area contributed by atoms with Gasteiger partial charge in [-0.05, 0) is 24.3 Å². The van der Waals surface area contributed by atoms with Crippen molar-refractivity contribution in [2.75, 3.05) is 31.1 Å². The Kier molecular flexibility index (Phi) is 4.39. The molecule has 5 rings (SSSR count). The predicted molar refractivity (Wildman–Crippen MR) is 106 cm³/mol. The number of anilines is 1. The molecular formula is C20H19N7O2. The SMILES string of the molecule is O=C(Cc1noc2ccccc12)N1CCN(c2ccc(-n3ccnc3)nn2)CC1. The number of aromatic nitrogens is 5. The number of rotatable bonds is 4. The Hall–Kier alpha value is -3.75. The average molecular weight is 389 g/mol. The Labute approximate surface area is 166 Å². The van der Waals surface area contributed by atoms with E-state index in [1.807, 2.05) is 47.5 Å². The number of para-hydroxylation sites is 1. The van der Waals surface area contributed by atoms with Crippen LogP contribution in [-0.4, -0.2) is 61.9 Å². The van der Waals surface area contributed by atoms with E-state index in [-0.39, 0.29) is 12.3 Å². The maximum absolute atomic E-state index is 12.7. The van der Waals surface area contributed by atoms with E-state index in [2.05, 4.69) is 25.2 Å². The highest BCUT2D eigenvalue weighted by molar-refractivity contribution is 5.86. The second kappa shape index (κ2) is 7.34. The van der Waals surface area contributed by atoms with E-state index < -0.39 is 0 Å². The van der Waals surface area contributed by atoms with Gasteiger partial charge < -0.3 is 14.3 Å². The van der Waals surface area contributed by atoms with Gasteiger partial charge in [-0.25, -0.2) is 4.98 Å². The fraction of sp³-hybridized carbons (Fsp3) is 0.250. The van der Waals surface area contributed by atoms with Crippen molar-refractivity contribution in [3.63, 3.8) is 0 Å². The summed E-state index contributed by atoms with van der Waals surface area (Å²) in [6.45, 7) is 2.70.